The first-order valence-electron chi connectivity index (χ1n) is 12.3. The Bertz CT molecular complexity index is 277. The van der Waals surface area contributed by atoms with Gasteiger partial charge in [0.25, 0.3) is 0 Å². The van der Waals surface area contributed by atoms with Crippen molar-refractivity contribution in [2.75, 3.05) is 19.8 Å². The molecule has 0 saturated carbocycles. The first kappa shape index (κ1) is 26.7. The van der Waals surface area contributed by atoms with Crippen molar-refractivity contribution in [3.8, 4) is 0 Å². The fourth-order valence-electron chi connectivity index (χ4n) is 3.45. The summed E-state index contributed by atoms with van der Waals surface area (Å²) in [7, 11) is 0. The third-order valence-electron chi connectivity index (χ3n) is 5.29. The first-order chi connectivity index (χ1) is 13.4. The second-order valence-corrected chi connectivity index (χ2v) is 8.11. The summed E-state index contributed by atoms with van der Waals surface area (Å²) in [6.45, 7) is 4.79. The molecule has 0 aliphatic carbocycles. The van der Waals surface area contributed by atoms with Gasteiger partial charge in [0, 0.05) is 13.2 Å². The molecule has 0 bridgehead atoms. The highest BCUT2D eigenvalue weighted by Gasteiger charge is 1.94. The Morgan fingerprint density at radius 2 is 0.926 bits per heavy atom. The second kappa shape index (κ2) is 25.7. The normalized spacial score (nSPS) is 11.6. The molecule has 0 rings (SSSR count). The van der Waals surface area contributed by atoms with E-state index in [4.69, 9.17) is 10.5 Å². The number of rotatable bonds is 23. The first-order valence-corrected chi connectivity index (χ1v) is 12.3. The molecule has 0 aromatic carbocycles. The molecule has 2 nitrogen and oxygen atoms in total. The van der Waals surface area contributed by atoms with Crippen molar-refractivity contribution >= 4 is 0 Å². The Hall–Kier alpha value is -0.340. The fourth-order valence-corrected chi connectivity index (χ4v) is 3.45. The summed E-state index contributed by atoms with van der Waals surface area (Å²) in [5.41, 5.74) is 5.44. The zero-order chi connectivity index (χ0) is 19.7. The lowest BCUT2D eigenvalue weighted by Gasteiger charge is -2.04. The zero-order valence-electron chi connectivity index (χ0n) is 18.7. The van der Waals surface area contributed by atoms with E-state index in [0.29, 0.717) is 0 Å². The van der Waals surface area contributed by atoms with Crippen LogP contribution in [0.5, 0.6) is 0 Å². The number of hydrogen-bond acceptors (Lipinski definition) is 2. The molecule has 0 aliphatic heterocycles. The third kappa shape index (κ3) is 25.7. The van der Waals surface area contributed by atoms with E-state index in [-0.39, 0.29) is 0 Å². The number of ether oxygens (including phenoxy) is 1. The van der Waals surface area contributed by atoms with Gasteiger partial charge in [0.1, 0.15) is 0 Å². The smallest absolute Gasteiger partial charge is 0.0478 e. The van der Waals surface area contributed by atoms with Crippen LogP contribution in [-0.2, 0) is 4.74 Å². The molecule has 0 aliphatic rings. The van der Waals surface area contributed by atoms with Crippen LogP contribution in [0.3, 0.4) is 0 Å². The van der Waals surface area contributed by atoms with Crippen LogP contribution < -0.4 is 5.73 Å². The molecule has 0 spiro atoms. The predicted octanol–water partition coefficient (Wildman–Crippen LogP) is 7.95. The number of nitrogens with two attached hydrogens (primary N) is 1. The minimum atomic E-state index is 0.746. The van der Waals surface area contributed by atoms with Crippen molar-refractivity contribution < 1.29 is 4.74 Å². The molecule has 0 amide bonds. The molecule has 27 heavy (non-hydrogen) atoms. The summed E-state index contributed by atoms with van der Waals surface area (Å²) in [6, 6.07) is 0. The number of allylic oxidation sites excluding steroid dienone is 2. The van der Waals surface area contributed by atoms with E-state index < -0.39 is 0 Å². The average Bonchev–Trinajstić information content (AvgIpc) is 2.68. The molecule has 0 fully saturated rings. The van der Waals surface area contributed by atoms with Gasteiger partial charge in [-0.2, -0.15) is 0 Å². The van der Waals surface area contributed by atoms with Crippen LogP contribution in [-0.4, -0.2) is 19.8 Å². The minimum absolute atomic E-state index is 0.746. The molecular formula is C25H51NO. The van der Waals surface area contributed by atoms with Gasteiger partial charge >= 0.3 is 0 Å². The quantitative estimate of drug-likeness (QED) is 0.144. The molecule has 0 aromatic rings. The highest BCUT2D eigenvalue weighted by atomic mass is 16.5. The number of hydrogen-bond donors (Lipinski definition) is 1. The van der Waals surface area contributed by atoms with Crippen LogP contribution in [0.25, 0.3) is 0 Å². The van der Waals surface area contributed by atoms with Gasteiger partial charge in [-0.1, -0.05) is 103 Å². The molecule has 0 unspecified atom stereocenters. The van der Waals surface area contributed by atoms with Crippen LogP contribution in [0.4, 0.5) is 0 Å². The minimum Gasteiger partial charge on any atom is -0.381 e. The van der Waals surface area contributed by atoms with E-state index in [1.807, 2.05) is 0 Å². The van der Waals surface area contributed by atoms with Crippen molar-refractivity contribution in [2.45, 2.75) is 129 Å². The Morgan fingerprint density at radius 1 is 0.519 bits per heavy atom. The predicted molar refractivity (Wildman–Crippen MR) is 122 cm³/mol. The van der Waals surface area contributed by atoms with Crippen molar-refractivity contribution in [3.63, 3.8) is 0 Å². The summed E-state index contributed by atoms with van der Waals surface area (Å²) < 4.78 is 5.53. The van der Waals surface area contributed by atoms with Crippen molar-refractivity contribution in [1.29, 1.82) is 0 Å². The molecule has 162 valence electrons. The highest BCUT2D eigenvalue weighted by molar-refractivity contribution is 4.81. The Morgan fingerprint density at radius 3 is 1.41 bits per heavy atom. The van der Waals surface area contributed by atoms with Gasteiger partial charge in [-0.05, 0) is 45.1 Å². The van der Waals surface area contributed by atoms with Crippen LogP contribution >= 0.6 is 0 Å². The van der Waals surface area contributed by atoms with E-state index >= 15 is 0 Å². The van der Waals surface area contributed by atoms with Crippen LogP contribution in [0.15, 0.2) is 12.2 Å². The maximum absolute atomic E-state index is 5.53. The molecule has 0 heterocycles. The molecule has 0 saturated heterocycles. The monoisotopic (exact) mass is 381 g/mol. The maximum Gasteiger partial charge on any atom is 0.0478 e. The van der Waals surface area contributed by atoms with E-state index in [2.05, 4.69) is 19.1 Å². The summed E-state index contributed by atoms with van der Waals surface area (Å²) in [5.74, 6) is 0. The standard InChI is InChI=1S/C25H51NO/c1-2-3-4-5-6-7-8-9-10-11-12-13-14-15-16-17-18-19-20-21-24-27-25-22-23-26/h9-10H,2-8,11-26H2,1H3/b10-9-. The lowest BCUT2D eigenvalue weighted by Crippen LogP contribution is -2.04. The van der Waals surface area contributed by atoms with E-state index in [0.717, 1.165) is 26.2 Å². The lowest BCUT2D eigenvalue weighted by molar-refractivity contribution is 0.129. The van der Waals surface area contributed by atoms with Gasteiger partial charge in [-0.15, -0.1) is 0 Å². The van der Waals surface area contributed by atoms with Gasteiger partial charge in [-0.25, -0.2) is 0 Å². The van der Waals surface area contributed by atoms with E-state index in [1.165, 1.54) is 116 Å². The topological polar surface area (TPSA) is 35.2 Å². The van der Waals surface area contributed by atoms with E-state index in [9.17, 15) is 0 Å². The summed E-state index contributed by atoms with van der Waals surface area (Å²) in [6.07, 6.45) is 30.7. The highest BCUT2D eigenvalue weighted by Crippen LogP contribution is 2.12. The van der Waals surface area contributed by atoms with E-state index in [1.54, 1.807) is 0 Å². The molecule has 2 heteroatoms. The van der Waals surface area contributed by atoms with Crippen LogP contribution in [0, 0.1) is 0 Å². The van der Waals surface area contributed by atoms with Gasteiger partial charge in [0.05, 0.1) is 0 Å². The van der Waals surface area contributed by atoms with Crippen LogP contribution in [0.2, 0.25) is 0 Å². The Kier molecular flexibility index (Phi) is 25.3. The van der Waals surface area contributed by atoms with Gasteiger partial charge in [0.15, 0.2) is 0 Å². The van der Waals surface area contributed by atoms with Crippen LogP contribution in [0.1, 0.15) is 129 Å². The summed E-state index contributed by atoms with van der Waals surface area (Å²) >= 11 is 0. The van der Waals surface area contributed by atoms with Crippen molar-refractivity contribution in [1.82, 2.24) is 0 Å². The summed E-state index contributed by atoms with van der Waals surface area (Å²) in [4.78, 5) is 0. The van der Waals surface area contributed by atoms with Gasteiger partial charge < -0.3 is 10.5 Å². The fraction of sp³-hybridized carbons (Fsp3) is 0.920. The molecule has 2 N–H and O–H groups in total. The van der Waals surface area contributed by atoms with Gasteiger partial charge in [0.2, 0.25) is 0 Å². The van der Waals surface area contributed by atoms with Gasteiger partial charge in [-0.3, -0.25) is 0 Å². The Labute approximate surface area is 171 Å². The summed E-state index contributed by atoms with van der Waals surface area (Å²) in [5, 5.41) is 0. The number of unbranched alkanes of at least 4 members (excludes halogenated alkanes) is 16. The average molecular weight is 382 g/mol. The second-order valence-electron chi connectivity index (χ2n) is 8.11. The maximum atomic E-state index is 5.53. The SMILES string of the molecule is CCCCCCCC/C=C\CCCCCCCCCCCCOCCCN. The van der Waals surface area contributed by atoms with Crippen molar-refractivity contribution in [3.05, 3.63) is 12.2 Å². The molecular weight excluding hydrogens is 330 g/mol. The third-order valence-corrected chi connectivity index (χ3v) is 5.29. The molecule has 0 aromatic heterocycles. The van der Waals surface area contributed by atoms with Crippen molar-refractivity contribution in [2.24, 2.45) is 5.73 Å². The Balaban J connectivity index is 3.03. The zero-order valence-corrected chi connectivity index (χ0v) is 18.7. The largest absolute Gasteiger partial charge is 0.381 e. The lowest BCUT2D eigenvalue weighted by atomic mass is 10.1. The molecule has 0 radical (unpaired) electrons. The molecule has 0 atom stereocenters.